The normalized spacial score (nSPS) is 15.3. The van der Waals surface area contributed by atoms with Crippen LogP contribution in [0.2, 0.25) is 0 Å². The molecule has 0 saturated carbocycles. The highest BCUT2D eigenvalue weighted by Gasteiger charge is 2.30. The minimum atomic E-state index is -1.39. The summed E-state index contributed by atoms with van der Waals surface area (Å²) in [5.41, 5.74) is 5.44. The molecule has 0 aromatic rings. The van der Waals surface area contributed by atoms with E-state index in [1.54, 1.807) is 13.8 Å². The van der Waals surface area contributed by atoms with Gasteiger partial charge in [-0.15, -0.1) is 0 Å². The Morgan fingerprint density at radius 2 is 1.14 bits per heavy atom. The van der Waals surface area contributed by atoms with Gasteiger partial charge in [0.2, 0.25) is 17.7 Å². The lowest BCUT2D eigenvalue weighted by molar-refractivity contribution is -0.143. The number of hydrogen-bond acceptors (Lipinski definition) is 7. The third-order valence-corrected chi connectivity index (χ3v) is 4.01. The number of carboxylic acids is 1. The number of hydrogen-bond donors (Lipinski definition) is 7. The maximum Gasteiger partial charge on any atom is 0.326 e. The van der Waals surface area contributed by atoms with Gasteiger partial charge in [0.05, 0.1) is 13.2 Å². The van der Waals surface area contributed by atoms with Gasteiger partial charge in [-0.25, -0.2) is 4.79 Å². The number of carbonyl (C=O) groups is 4. The first kappa shape index (κ1) is 26.8. The van der Waals surface area contributed by atoms with Crippen molar-refractivity contribution < 1.29 is 34.5 Å². The van der Waals surface area contributed by atoms with Crippen molar-refractivity contribution in [2.24, 2.45) is 17.6 Å². The van der Waals surface area contributed by atoms with Crippen LogP contribution in [-0.4, -0.2) is 76.4 Å². The Morgan fingerprint density at radius 3 is 1.55 bits per heavy atom. The number of aliphatic hydroxyl groups is 2. The molecule has 29 heavy (non-hydrogen) atoms. The fourth-order valence-electron chi connectivity index (χ4n) is 2.50. The van der Waals surface area contributed by atoms with Gasteiger partial charge in [0.25, 0.3) is 0 Å². The summed E-state index contributed by atoms with van der Waals surface area (Å²) in [5, 5.41) is 34.7. The molecule has 0 aromatic carbocycles. The van der Waals surface area contributed by atoms with E-state index < -0.39 is 61.1 Å². The Bertz CT molecular complexity index is 568. The summed E-state index contributed by atoms with van der Waals surface area (Å²) in [4.78, 5) is 48.1. The van der Waals surface area contributed by atoms with Crippen LogP contribution < -0.4 is 21.7 Å². The molecule has 0 radical (unpaired) electrons. The van der Waals surface area contributed by atoms with Crippen LogP contribution in [0.5, 0.6) is 0 Å². The topological polar surface area (TPSA) is 191 Å². The van der Waals surface area contributed by atoms with Gasteiger partial charge in [-0.3, -0.25) is 14.4 Å². The Morgan fingerprint density at radius 1 is 0.724 bits per heavy atom. The molecule has 0 aliphatic heterocycles. The summed E-state index contributed by atoms with van der Waals surface area (Å²) in [6.07, 6.45) is 0.402. The van der Waals surface area contributed by atoms with Crippen molar-refractivity contribution in [2.45, 2.75) is 64.7 Å². The highest BCUT2D eigenvalue weighted by atomic mass is 16.4. The standard InChI is InChI=1S/C18H34N4O7/c1-9(2)5-12(20-15(25)11(19)7-23)16(26)22-14(8-24)17(27)21-13(18(28)29)6-10(3)4/h9-14,23-24H,5-8,19H2,1-4H3,(H,20,25)(H,21,27)(H,22,26)(H,28,29)/t11-,12-,13-,14-/m0/s1. The van der Waals surface area contributed by atoms with E-state index in [-0.39, 0.29) is 24.7 Å². The highest BCUT2D eigenvalue weighted by molar-refractivity contribution is 5.94. The minimum Gasteiger partial charge on any atom is -0.480 e. The van der Waals surface area contributed by atoms with Crippen molar-refractivity contribution in [1.29, 1.82) is 0 Å². The van der Waals surface area contributed by atoms with Gasteiger partial charge >= 0.3 is 5.97 Å². The Balaban J connectivity index is 5.18. The van der Waals surface area contributed by atoms with Crippen LogP contribution in [0.25, 0.3) is 0 Å². The zero-order valence-electron chi connectivity index (χ0n) is 17.3. The third kappa shape index (κ3) is 10.2. The molecule has 0 bridgehead atoms. The van der Waals surface area contributed by atoms with Gasteiger partial charge in [-0.2, -0.15) is 0 Å². The van der Waals surface area contributed by atoms with Crippen LogP contribution in [-0.2, 0) is 19.2 Å². The minimum absolute atomic E-state index is 0.0000595. The molecule has 4 atom stereocenters. The number of rotatable bonds is 13. The predicted molar refractivity (Wildman–Crippen MR) is 104 cm³/mol. The molecule has 0 unspecified atom stereocenters. The molecule has 11 nitrogen and oxygen atoms in total. The third-order valence-electron chi connectivity index (χ3n) is 4.01. The van der Waals surface area contributed by atoms with Crippen molar-refractivity contribution in [3.63, 3.8) is 0 Å². The number of amides is 3. The highest BCUT2D eigenvalue weighted by Crippen LogP contribution is 2.07. The van der Waals surface area contributed by atoms with Crippen LogP contribution in [0, 0.1) is 11.8 Å². The monoisotopic (exact) mass is 418 g/mol. The Hall–Kier alpha value is -2.24. The molecule has 168 valence electrons. The van der Waals surface area contributed by atoms with Gasteiger partial charge in [0, 0.05) is 0 Å². The number of aliphatic carboxylic acids is 1. The molecule has 0 aromatic heterocycles. The second-order valence-corrected chi connectivity index (χ2v) is 7.75. The zero-order chi connectivity index (χ0) is 22.7. The number of nitrogens with one attached hydrogen (secondary N) is 3. The van der Waals surface area contributed by atoms with E-state index in [1.165, 1.54) is 0 Å². The number of carboxylic acid groups (broad SMARTS) is 1. The molecule has 0 saturated heterocycles. The second kappa shape index (κ2) is 13.1. The van der Waals surface area contributed by atoms with Crippen molar-refractivity contribution in [3.05, 3.63) is 0 Å². The molecule has 8 N–H and O–H groups in total. The number of aliphatic hydroxyl groups excluding tert-OH is 2. The molecular formula is C18H34N4O7. The van der Waals surface area contributed by atoms with E-state index in [4.69, 9.17) is 10.8 Å². The van der Waals surface area contributed by atoms with E-state index in [0.29, 0.717) is 0 Å². The lowest BCUT2D eigenvalue weighted by atomic mass is 10.0. The largest absolute Gasteiger partial charge is 0.480 e. The number of carbonyl (C=O) groups excluding carboxylic acids is 3. The molecule has 0 rings (SSSR count). The molecule has 0 aliphatic carbocycles. The van der Waals surface area contributed by atoms with Crippen LogP contribution in [0.3, 0.4) is 0 Å². The van der Waals surface area contributed by atoms with Crippen LogP contribution in [0.1, 0.15) is 40.5 Å². The maximum atomic E-state index is 12.6. The SMILES string of the molecule is CC(C)C[C@H](NC(=O)[C@H](CO)NC(=O)[C@H](CC(C)C)NC(=O)[C@@H](N)CO)C(=O)O. The number of nitrogens with two attached hydrogens (primary N) is 1. The smallest absolute Gasteiger partial charge is 0.326 e. The van der Waals surface area contributed by atoms with Gasteiger partial charge in [0.1, 0.15) is 24.2 Å². The van der Waals surface area contributed by atoms with Gasteiger partial charge in [-0.05, 0) is 24.7 Å². The van der Waals surface area contributed by atoms with Crippen LogP contribution in [0.15, 0.2) is 0 Å². The molecule has 0 aliphatic rings. The van der Waals surface area contributed by atoms with Crippen molar-refractivity contribution >= 4 is 23.7 Å². The summed E-state index contributed by atoms with van der Waals surface area (Å²) in [6, 6.07) is -4.81. The molecule has 0 fully saturated rings. The molecule has 0 spiro atoms. The molecular weight excluding hydrogens is 384 g/mol. The van der Waals surface area contributed by atoms with E-state index >= 15 is 0 Å². The van der Waals surface area contributed by atoms with Crippen LogP contribution in [0.4, 0.5) is 0 Å². The van der Waals surface area contributed by atoms with E-state index in [2.05, 4.69) is 16.0 Å². The lowest BCUT2D eigenvalue weighted by Crippen LogP contribution is -2.58. The van der Waals surface area contributed by atoms with E-state index in [0.717, 1.165) is 0 Å². The average molecular weight is 418 g/mol. The van der Waals surface area contributed by atoms with Crippen molar-refractivity contribution in [2.75, 3.05) is 13.2 Å². The van der Waals surface area contributed by atoms with Gasteiger partial charge in [-0.1, -0.05) is 27.7 Å². The first-order chi connectivity index (χ1) is 13.4. The summed E-state index contributed by atoms with van der Waals surface area (Å²) < 4.78 is 0. The predicted octanol–water partition coefficient (Wildman–Crippen LogP) is -2.07. The van der Waals surface area contributed by atoms with E-state index in [1.807, 2.05) is 13.8 Å². The van der Waals surface area contributed by atoms with Gasteiger partial charge < -0.3 is 37.0 Å². The molecule has 11 heteroatoms. The van der Waals surface area contributed by atoms with Crippen molar-refractivity contribution in [3.8, 4) is 0 Å². The van der Waals surface area contributed by atoms with E-state index in [9.17, 15) is 29.4 Å². The fourth-order valence-corrected chi connectivity index (χ4v) is 2.50. The maximum absolute atomic E-state index is 12.6. The molecule has 0 heterocycles. The van der Waals surface area contributed by atoms with Crippen molar-refractivity contribution in [1.82, 2.24) is 16.0 Å². The first-order valence-electron chi connectivity index (χ1n) is 9.54. The zero-order valence-corrected chi connectivity index (χ0v) is 17.3. The quantitative estimate of drug-likeness (QED) is 0.177. The fraction of sp³-hybridized carbons (Fsp3) is 0.778. The summed E-state index contributed by atoms with van der Waals surface area (Å²) in [7, 11) is 0. The second-order valence-electron chi connectivity index (χ2n) is 7.75. The Kier molecular flexibility index (Phi) is 12.1. The summed E-state index contributed by atoms with van der Waals surface area (Å²) >= 11 is 0. The lowest BCUT2D eigenvalue weighted by Gasteiger charge is -2.25. The summed E-state index contributed by atoms with van der Waals surface area (Å²) in [6.45, 7) is 5.86. The summed E-state index contributed by atoms with van der Waals surface area (Å²) in [5.74, 6) is -3.54. The first-order valence-corrected chi connectivity index (χ1v) is 9.54. The molecule has 3 amide bonds. The van der Waals surface area contributed by atoms with Crippen LogP contribution >= 0.6 is 0 Å². The Labute approximate surface area is 170 Å². The average Bonchev–Trinajstić information content (AvgIpc) is 2.62. The van der Waals surface area contributed by atoms with Gasteiger partial charge in [0.15, 0.2) is 0 Å².